The molecule has 0 spiro atoms. The summed E-state index contributed by atoms with van der Waals surface area (Å²) in [7, 11) is 0. The molecule has 1 heterocycles. The van der Waals surface area contributed by atoms with Crippen LogP contribution in [0.4, 0.5) is 10.1 Å². The summed E-state index contributed by atoms with van der Waals surface area (Å²) in [4.78, 5) is 24.8. The summed E-state index contributed by atoms with van der Waals surface area (Å²) in [6, 6.07) is 3.11. The van der Waals surface area contributed by atoms with Gasteiger partial charge in [-0.15, -0.1) is 0 Å². The van der Waals surface area contributed by atoms with Crippen molar-refractivity contribution in [2.24, 2.45) is 0 Å². The zero-order chi connectivity index (χ0) is 15.6. The molecule has 114 valence electrons. The maximum Gasteiger partial charge on any atom is 0.246 e. The Morgan fingerprint density at radius 3 is 2.52 bits per heavy atom. The summed E-state index contributed by atoms with van der Waals surface area (Å²) < 4.78 is 13.9. The molecule has 6 heteroatoms. The number of carbonyl (C=O) groups excluding carboxylic acids is 2. The van der Waals surface area contributed by atoms with Gasteiger partial charge in [0.15, 0.2) is 0 Å². The Labute approximate surface area is 123 Å². The summed E-state index contributed by atoms with van der Waals surface area (Å²) in [5.41, 5.74) is 1.98. The van der Waals surface area contributed by atoms with E-state index in [-0.39, 0.29) is 36.8 Å². The van der Waals surface area contributed by atoms with Gasteiger partial charge >= 0.3 is 0 Å². The molecule has 1 aliphatic rings. The van der Waals surface area contributed by atoms with E-state index in [0.29, 0.717) is 5.56 Å². The Hall–Kier alpha value is -1.95. The topological polar surface area (TPSA) is 61.4 Å². The molecule has 1 aromatic carbocycles. The second-order valence-electron chi connectivity index (χ2n) is 5.27. The fraction of sp³-hybridized carbons (Fsp3) is 0.467. The van der Waals surface area contributed by atoms with Gasteiger partial charge in [-0.05, 0) is 43.7 Å². The van der Waals surface area contributed by atoms with Crippen LogP contribution in [-0.2, 0) is 9.59 Å². The first kappa shape index (κ1) is 15.4. The summed E-state index contributed by atoms with van der Waals surface area (Å²) in [5, 5.41) is 5.50. The molecule has 0 saturated carbocycles. The van der Waals surface area contributed by atoms with E-state index in [9.17, 15) is 14.0 Å². The third-order valence-electron chi connectivity index (χ3n) is 3.57. The normalized spacial score (nSPS) is 16.9. The van der Waals surface area contributed by atoms with Crippen LogP contribution in [0.1, 0.15) is 31.0 Å². The van der Waals surface area contributed by atoms with Crippen LogP contribution in [0.2, 0.25) is 0 Å². The fourth-order valence-electron chi connectivity index (χ4n) is 2.53. The first-order valence-electron chi connectivity index (χ1n) is 7.03. The largest absolute Gasteiger partial charge is 0.353 e. The smallest absolute Gasteiger partial charge is 0.246 e. The van der Waals surface area contributed by atoms with Crippen molar-refractivity contribution in [3.05, 3.63) is 29.1 Å². The third-order valence-corrected chi connectivity index (χ3v) is 3.57. The Balaban J connectivity index is 2.43. The monoisotopic (exact) mass is 293 g/mol. The number of nitrogens with one attached hydrogen (secondary N) is 2. The van der Waals surface area contributed by atoms with Gasteiger partial charge in [-0.1, -0.05) is 6.92 Å². The zero-order valence-corrected chi connectivity index (χ0v) is 12.5. The van der Waals surface area contributed by atoms with E-state index in [2.05, 4.69) is 10.6 Å². The minimum Gasteiger partial charge on any atom is -0.353 e. The molecule has 1 atom stereocenters. The maximum atomic E-state index is 13.9. The highest BCUT2D eigenvalue weighted by Gasteiger charge is 2.26. The number of aryl methyl sites for hydroxylation is 1. The average molecular weight is 293 g/mol. The summed E-state index contributed by atoms with van der Waals surface area (Å²) in [6.45, 7) is 6.52. The van der Waals surface area contributed by atoms with E-state index in [0.717, 1.165) is 17.8 Å². The van der Waals surface area contributed by atoms with Crippen molar-refractivity contribution >= 4 is 17.5 Å². The van der Waals surface area contributed by atoms with Crippen molar-refractivity contribution in [2.75, 3.05) is 24.5 Å². The van der Waals surface area contributed by atoms with Gasteiger partial charge in [-0.2, -0.15) is 0 Å². The van der Waals surface area contributed by atoms with Crippen LogP contribution in [0, 0.1) is 12.7 Å². The Bertz CT molecular complexity index is 558. The van der Waals surface area contributed by atoms with Crippen molar-refractivity contribution < 1.29 is 14.0 Å². The van der Waals surface area contributed by atoms with Gasteiger partial charge in [0.1, 0.15) is 5.82 Å². The molecule has 5 nitrogen and oxygen atoms in total. The molecular formula is C15H20FN3O2. The zero-order valence-electron chi connectivity index (χ0n) is 12.5. The first-order valence-corrected chi connectivity index (χ1v) is 7.03. The second-order valence-corrected chi connectivity index (χ2v) is 5.27. The SMILES string of the molecule is CCNC(C)c1cc(F)c(C)cc1N1CC(=O)NC(=O)C1. The number of anilines is 1. The van der Waals surface area contributed by atoms with Crippen molar-refractivity contribution in [1.29, 1.82) is 0 Å². The number of rotatable bonds is 4. The van der Waals surface area contributed by atoms with E-state index >= 15 is 0 Å². The molecule has 1 aromatic rings. The van der Waals surface area contributed by atoms with Gasteiger partial charge in [-0.3, -0.25) is 14.9 Å². The second kappa shape index (κ2) is 6.22. The molecule has 2 rings (SSSR count). The summed E-state index contributed by atoms with van der Waals surface area (Å²) in [6.07, 6.45) is 0. The van der Waals surface area contributed by atoms with E-state index in [4.69, 9.17) is 0 Å². The lowest BCUT2D eigenvalue weighted by Gasteiger charge is -2.31. The molecule has 2 N–H and O–H groups in total. The van der Waals surface area contributed by atoms with Crippen LogP contribution in [0.15, 0.2) is 12.1 Å². The van der Waals surface area contributed by atoms with Crippen LogP contribution in [0.25, 0.3) is 0 Å². The number of hydrogen-bond donors (Lipinski definition) is 2. The predicted octanol–water partition coefficient (Wildman–Crippen LogP) is 1.27. The van der Waals surface area contributed by atoms with Crippen LogP contribution in [-0.4, -0.2) is 31.4 Å². The minimum absolute atomic E-state index is 0.0693. The molecular weight excluding hydrogens is 273 g/mol. The lowest BCUT2D eigenvalue weighted by Crippen LogP contribution is -2.52. The van der Waals surface area contributed by atoms with Gasteiger partial charge in [0.2, 0.25) is 11.8 Å². The van der Waals surface area contributed by atoms with Crippen LogP contribution >= 0.6 is 0 Å². The lowest BCUT2D eigenvalue weighted by atomic mass is 10.0. The molecule has 1 unspecified atom stereocenters. The molecule has 1 aliphatic heterocycles. The highest BCUT2D eigenvalue weighted by molar-refractivity contribution is 6.02. The van der Waals surface area contributed by atoms with Crippen LogP contribution in [0.5, 0.6) is 0 Å². The van der Waals surface area contributed by atoms with Crippen LogP contribution < -0.4 is 15.5 Å². The molecule has 0 radical (unpaired) electrons. The molecule has 2 amide bonds. The molecule has 0 bridgehead atoms. The molecule has 0 aliphatic carbocycles. The third kappa shape index (κ3) is 3.39. The Morgan fingerprint density at radius 2 is 1.95 bits per heavy atom. The van der Waals surface area contributed by atoms with E-state index in [1.54, 1.807) is 17.9 Å². The number of piperazine rings is 1. The van der Waals surface area contributed by atoms with Crippen molar-refractivity contribution in [1.82, 2.24) is 10.6 Å². The van der Waals surface area contributed by atoms with E-state index < -0.39 is 0 Å². The fourth-order valence-corrected chi connectivity index (χ4v) is 2.53. The number of amides is 2. The van der Waals surface area contributed by atoms with E-state index in [1.165, 1.54) is 6.07 Å². The summed E-state index contributed by atoms with van der Waals surface area (Å²) >= 11 is 0. The number of imide groups is 1. The van der Waals surface area contributed by atoms with Crippen LogP contribution in [0.3, 0.4) is 0 Å². The highest BCUT2D eigenvalue weighted by atomic mass is 19.1. The minimum atomic E-state index is -0.338. The number of nitrogens with zero attached hydrogens (tertiary/aromatic N) is 1. The Morgan fingerprint density at radius 1 is 1.33 bits per heavy atom. The van der Waals surface area contributed by atoms with Gasteiger partial charge < -0.3 is 10.2 Å². The standard InChI is InChI=1S/C15H20FN3O2/c1-4-17-10(3)11-6-12(16)9(2)5-13(11)19-7-14(20)18-15(21)8-19/h5-6,10,17H,4,7-8H2,1-3H3,(H,18,20,21). The molecule has 1 fully saturated rings. The molecule has 21 heavy (non-hydrogen) atoms. The van der Waals surface area contributed by atoms with Crippen molar-refractivity contribution in [3.8, 4) is 0 Å². The lowest BCUT2D eigenvalue weighted by molar-refractivity contribution is -0.130. The number of benzene rings is 1. The number of hydrogen-bond acceptors (Lipinski definition) is 4. The van der Waals surface area contributed by atoms with Crippen molar-refractivity contribution in [2.45, 2.75) is 26.8 Å². The molecule has 0 aromatic heterocycles. The van der Waals surface area contributed by atoms with Crippen molar-refractivity contribution in [3.63, 3.8) is 0 Å². The van der Waals surface area contributed by atoms with Gasteiger partial charge in [0.05, 0.1) is 13.1 Å². The number of carbonyl (C=O) groups is 2. The predicted molar refractivity (Wildman–Crippen MR) is 78.6 cm³/mol. The van der Waals surface area contributed by atoms with Gasteiger partial charge in [0, 0.05) is 11.7 Å². The first-order chi connectivity index (χ1) is 9.92. The van der Waals surface area contributed by atoms with E-state index in [1.807, 2.05) is 13.8 Å². The quantitative estimate of drug-likeness (QED) is 0.821. The summed E-state index contributed by atoms with van der Waals surface area (Å²) in [5.74, 6) is -0.961. The average Bonchev–Trinajstić information content (AvgIpc) is 2.40. The number of halogens is 1. The van der Waals surface area contributed by atoms with Gasteiger partial charge in [-0.25, -0.2) is 4.39 Å². The highest BCUT2D eigenvalue weighted by Crippen LogP contribution is 2.29. The Kier molecular flexibility index (Phi) is 4.57. The maximum absolute atomic E-state index is 13.9. The van der Waals surface area contributed by atoms with Gasteiger partial charge in [0.25, 0.3) is 0 Å². The molecule has 1 saturated heterocycles.